The number of pyridine rings is 1. The average Bonchev–Trinajstić information content (AvgIpc) is 2.55. The quantitative estimate of drug-likeness (QED) is 0.635. The van der Waals surface area contributed by atoms with Gasteiger partial charge in [0.05, 0.1) is 5.56 Å². The summed E-state index contributed by atoms with van der Waals surface area (Å²) in [5, 5.41) is 4.14. The van der Waals surface area contributed by atoms with Gasteiger partial charge in [0, 0.05) is 34.9 Å². The van der Waals surface area contributed by atoms with Crippen molar-refractivity contribution in [2.24, 2.45) is 5.73 Å². The molecule has 0 aliphatic heterocycles. The predicted molar refractivity (Wildman–Crippen MR) is 106 cm³/mol. The van der Waals surface area contributed by atoms with Crippen LogP contribution < -0.4 is 15.8 Å². The fourth-order valence-corrected chi connectivity index (χ4v) is 3.33. The minimum Gasteiger partial charge on any atom is -0.438 e. The Hall–Kier alpha value is -1.49. The maximum Gasteiger partial charge on any atom is 0.226 e. The van der Waals surface area contributed by atoms with Gasteiger partial charge >= 0.3 is 0 Å². The van der Waals surface area contributed by atoms with Gasteiger partial charge in [0.2, 0.25) is 5.88 Å². The molecule has 0 saturated carbocycles. The molecule has 0 aliphatic rings. The summed E-state index contributed by atoms with van der Waals surface area (Å²) in [6, 6.07) is 5.90. The number of nitrogens with one attached hydrogen (secondary N) is 1. The molecule has 0 bridgehead atoms. The monoisotopic (exact) mass is 381 g/mol. The van der Waals surface area contributed by atoms with Gasteiger partial charge in [0.25, 0.3) is 0 Å². The van der Waals surface area contributed by atoms with Gasteiger partial charge in [-0.3, -0.25) is 0 Å². The van der Waals surface area contributed by atoms with E-state index in [0.29, 0.717) is 23.3 Å². The second-order valence-corrected chi connectivity index (χ2v) is 6.92. The number of anilines is 1. The van der Waals surface area contributed by atoms with Crippen LogP contribution in [0.2, 0.25) is 5.02 Å². The van der Waals surface area contributed by atoms with Gasteiger partial charge in [-0.05, 0) is 56.5 Å². The summed E-state index contributed by atoms with van der Waals surface area (Å²) in [5.41, 5.74) is 10.5. The first-order valence-electron chi connectivity index (χ1n) is 8.37. The van der Waals surface area contributed by atoms with E-state index in [1.807, 2.05) is 39.0 Å². The van der Waals surface area contributed by atoms with Crippen molar-refractivity contribution in [3.05, 3.63) is 45.6 Å². The topological polar surface area (TPSA) is 60.2 Å². The molecule has 0 saturated heterocycles. The van der Waals surface area contributed by atoms with E-state index in [0.717, 1.165) is 40.2 Å². The molecule has 136 valence electrons. The highest BCUT2D eigenvalue weighted by molar-refractivity contribution is 6.30. The minimum absolute atomic E-state index is 0.167. The Bertz CT molecular complexity index is 723. The molecule has 3 N–H and O–H groups in total. The highest BCUT2D eigenvalue weighted by Gasteiger charge is 2.17. The van der Waals surface area contributed by atoms with Crippen LogP contribution in [0.1, 0.15) is 35.7 Å². The van der Waals surface area contributed by atoms with Gasteiger partial charge in [-0.2, -0.15) is 0 Å². The summed E-state index contributed by atoms with van der Waals surface area (Å²) < 4.78 is 6.16. The number of aromatic nitrogens is 1. The molecule has 2 rings (SSSR count). The third-order valence-corrected chi connectivity index (χ3v) is 4.67. The zero-order valence-electron chi connectivity index (χ0n) is 15.1. The van der Waals surface area contributed by atoms with Crippen molar-refractivity contribution in [1.29, 1.82) is 0 Å². The molecule has 0 fully saturated rings. The summed E-state index contributed by atoms with van der Waals surface area (Å²) in [5.74, 6) is 1.79. The Labute approximate surface area is 159 Å². The normalized spacial score (nSPS) is 12.1. The van der Waals surface area contributed by atoms with Crippen LogP contribution in [-0.4, -0.2) is 16.9 Å². The smallest absolute Gasteiger partial charge is 0.226 e. The number of alkyl halides is 1. The Morgan fingerprint density at radius 2 is 1.84 bits per heavy atom. The van der Waals surface area contributed by atoms with E-state index in [9.17, 15) is 0 Å². The summed E-state index contributed by atoms with van der Waals surface area (Å²) >= 11 is 12.1. The van der Waals surface area contributed by atoms with E-state index in [1.165, 1.54) is 0 Å². The number of benzene rings is 1. The number of hydrogen-bond acceptors (Lipinski definition) is 4. The summed E-state index contributed by atoms with van der Waals surface area (Å²) in [6.45, 7) is 8.27. The molecule has 1 unspecified atom stereocenters. The van der Waals surface area contributed by atoms with E-state index in [4.69, 9.17) is 33.7 Å². The Balaban J connectivity index is 2.46. The molecule has 0 amide bonds. The zero-order valence-corrected chi connectivity index (χ0v) is 16.6. The lowest BCUT2D eigenvalue weighted by Crippen LogP contribution is -2.22. The van der Waals surface area contributed by atoms with Gasteiger partial charge in [-0.1, -0.05) is 18.5 Å². The standard InChI is InChI=1S/C19H25Cl2N3O/c1-5-15(9-20)24-17-8-13(4)23-19(16(17)10-22)25-18-11(2)6-14(21)7-12(18)3/h6-8,15H,5,9-10,22H2,1-4H3,(H,23,24). The largest absolute Gasteiger partial charge is 0.438 e. The number of nitrogens with two attached hydrogens (primary N) is 1. The predicted octanol–water partition coefficient (Wildman–Crippen LogP) is 5.34. The van der Waals surface area contributed by atoms with Crippen molar-refractivity contribution in [1.82, 2.24) is 4.98 Å². The number of halogens is 2. The van der Waals surface area contributed by atoms with Crippen LogP contribution in [0.5, 0.6) is 11.6 Å². The second kappa shape index (κ2) is 8.75. The van der Waals surface area contributed by atoms with Gasteiger partial charge in [0.15, 0.2) is 0 Å². The molecule has 0 radical (unpaired) electrons. The third-order valence-electron chi connectivity index (χ3n) is 4.08. The Morgan fingerprint density at radius 1 is 1.20 bits per heavy atom. The van der Waals surface area contributed by atoms with Crippen molar-refractivity contribution < 1.29 is 4.74 Å². The molecule has 4 nitrogen and oxygen atoms in total. The SMILES string of the molecule is CCC(CCl)Nc1cc(C)nc(Oc2c(C)cc(Cl)cc2C)c1CN. The molecular weight excluding hydrogens is 357 g/mol. The molecule has 2 aromatic rings. The van der Waals surface area contributed by atoms with Crippen LogP contribution in [0, 0.1) is 20.8 Å². The fourth-order valence-electron chi connectivity index (χ4n) is 2.71. The van der Waals surface area contributed by atoms with E-state index in [-0.39, 0.29) is 6.04 Å². The van der Waals surface area contributed by atoms with Crippen molar-refractivity contribution in [2.45, 2.75) is 46.7 Å². The maximum atomic E-state index is 6.16. The summed E-state index contributed by atoms with van der Waals surface area (Å²) in [7, 11) is 0. The lowest BCUT2D eigenvalue weighted by atomic mass is 10.1. The maximum absolute atomic E-state index is 6.16. The van der Waals surface area contributed by atoms with Crippen molar-refractivity contribution in [3.8, 4) is 11.6 Å². The molecule has 1 aromatic heterocycles. The first kappa shape index (κ1) is 19.8. The fraction of sp³-hybridized carbons (Fsp3) is 0.421. The van der Waals surface area contributed by atoms with Crippen LogP contribution in [0.4, 0.5) is 5.69 Å². The van der Waals surface area contributed by atoms with Gasteiger partial charge < -0.3 is 15.8 Å². The van der Waals surface area contributed by atoms with Gasteiger partial charge in [0.1, 0.15) is 5.75 Å². The van der Waals surface area contributed by atoms with Crippen LogP contribution in [0.3, 0.4) is 0 Å². The van der Waals surface area contributed by atoms with Crippen LogP contribution in [0.25, 0.3) is 0 Å². The molecule has 6 heteroatoms. The van der Waals surface area contributed by atoms with E-state index < -0.39 is 0 Å². The first-order valence-corrected chi connectivity index (χ1v) is 9.28. The average molecular weight is 382 g/mol. The molecule has 25 heavy (non-hydrogen) atoms. The first-order chi connectivity index (χ1) is 11.9. The van der Waals surface area contributed by atoms with Crippen molar-refractivity contribution in [2.75, 3.05) is 11.2 Å². The van der Waals surface area contributed by atoms with Crippen LogP contribution >= 0.6 is 23.2 Å². The van der Waals surface area contributed by atoms with E-state index in [1.54, 1.807) is 0 Å². The molecular formula is C19H25Cl2N3O. The number of nitrogens with zero attached hydrogens (tertiary/aromatic N) is 1. The Morgan fingerprint density at radius 3 is 2.36 bits per heavy atom. The lowest BCUT2D eigenvalue weighted by molar-refractivity contribution is 0.448. The van der Waals surface area contributed by atoms with Crippen LogP contribution in [-0.2, 0) is 6.54 Å². The Kier molecular flexibility index (Phi) is 6.94. The third kappa shape index (κ3) is 4.78. The molecule has 1 aromatic carbocycles. The minimum atomic E-state index is 0.167. The molecule has 0 aliphatic carbocycles. The van der Waals surface area contributed by atoms with E-state index in [2.05, 4.69) is 17.2 Å². The summed E-state index contributed by atoms with van der Waals surface area (Å²) in [6.07, 6.45) is 0.917. The molecule has 1 atom stereocenters. The number of aryl methyl sites for hydroxylation is 3. The van der Waals surface area contributed by atoms with Gasteiger partial charge in [-0.15, -0.1) is 11.6 Å². The molecule has 1 heterocycles. The van der Waals surface area contributed by atoms with Crippen molar-refractivity contribution in [3.63, 3.8) is 0 Å². The number of rotatable bonds is 7. The highest BCUT2D eigenvalue weighted by Crippen LogP contribution is 2.34. The van der Waals surface area contributed by atoms with Crippen molar-refractivity contribution >= 4 is 28.9 Å². The lowest BCUT2D eigenvalue weighted by Gasteiger charge is -2.21. The molecule has 0 spiro atoms. The number of hydrogen-bond donors (Lipinski definition) is 2. The second-order valence-electron chi connectivity index (χ2n) is 6.17. The zero-order chi connectivity index (χ0) is 18.6. The summed E-state index contributed by atoms with van der Waals surface area (Å²) in [4.78, 5) is 4.56. The van der Waals surface area contributed by atoms with Gasteiger partial charge in [-0.25, -0.2) is 4.98 Å². The number of ether oxygens (including phenoxy) is 1. The highest BCUT2D eigenvalue weighted by atomic mass is 35.5. The van der Waals surface area contributed by atoms with Crippen LogP contribution in [0.15, 0.2) is 18.2 Å². The van der Waals surface area contributed by atoms with E-state index >= 15 is 0 Å².